The SMILES string of the molecule is Cc1cc(-[s+]2c3ccccc3c3ccccc32)cc(C)c1OCC(=O)OC1(C)C2CC3CC(C2)CC1C3. The molecule has 3 nitrogen and oxygen atoms in total. The third-order valence-corrected chi connectivity index (χ3v) is 11.9. The molecule has 37 heavy (non-hydrogen) atoms. The van der Waals surface area contributed by atoms with Gasteiger partial charge in [0.1, 0.15) is 11.4 Å². The molecule has 0 saturated heterocycles. The lowest BCUT2D eigenvalue weighted by Gasteiger charge is -2.59. The molecule has 190 valence electrons. The van der Waals surface area contributed by atoms with Gasteiger partial charge in [-0.25, -0.2) is 4.79 Å². The van der Waals surface area contributed by atoms with Crippen LogP contribution in [0.25, 0.3) is 25.1 Å². The molecular weight excluding hydrogens is 476 g/mol. The summed E-state index contributed by atoms with van der Waals surface area (Å²) in [6, 6.07) is 22.0. The number of thiophene rings is 1. The third-order valence-electron chi connectivity index (χ3n) is 9.60. The second kappa shape index (κ2) is 8.59. The molecule has 4 aliphatic carbocycles. The largest absolute Gasteiger partial charge is 0.481 e. The fourth-order valence-electron chi connectivity index (χ4n) is 8.06. The van der Waals surface area contributed by atoms with Gasteiger partial charge in [-0.05, 0) is 112 Å². The van der Waals surface area contributed by atoms with Crippen molar-refractivity contribution in [3.05, 3.63) is 71.8 Å². The maximum Gasteiger partial charge on any atom is 0.344 e. The summed E-state index contributed by atoms with van der Waals surface area (Å²) in [5.41, 5.74) is 1.82. The molecule has 4 bridgehead atoms. The van der Waals surface area contributed by atoms with Gasteiger partial charge >= 0.3 is 5.97 Å². The number of hydrogen-bond acceptors (Lipinski definition) is 3. The van der Waals surface area contributed by atoms with Crippen molar-refractivity contribution < 1.29 is 14.3 Å². The fourth-order valence-corrected chi connectivity index (χ4v) is 10.6. The monoisotopic (exact) mass is 511 g/mol. The number of hydrogen-bond donors (Lipinski definition) is 0. The van der Waals surface area contributed by atoms with Crippen LogP contribution in [0.4, 0.5) is 0 Å². The van der Waals surface area contributed by atoms with Crippen molar-refractivity contribution in [3.63, 3.8) is 0 Å². The minimum atomic E-state index is -0.313. The molecule has 1 heterocycles. The number of carbonyl (C=O) groups is 1. The molecule has 0 radical (unpaired) electrons. The van der Waals surface area contributed by atoms with Crippen molar-refractivity contribution in [2.24, 2.45) is 23.7 Å². The predicted molar refractivity (Wildman–Crippen MR) is 152 cm³/mol. The molecule has 4 aromatic rings. The first kappa shape index (κ1) is 23.3. The molecule has 1 aromatic heterocycles. The highest BCUT2D eigenvalue weighted by Gasteiger charge is 2.57. The van der Waals surface area contributed by atoms with E-state index in [0.29, 0.717) is 11.8 Å². The molecule has 4 saturated carbocycles. The minimum absolute atomic E-state index is 0.0275. The Morgan fingerprint density at radius 1 is 0.838 bits per heavy atom. The summed E-state index contributed by atoms with van der Waals surface area (Å²) in [6.07, 6.45) is 6.31. The van der Waals surface area contributed by atoms with E-state index >= 15 is 0 Å². The fraction of sp³-hybridized carbons (Fsp3) is 0.424. The highest BCUT2D eigenvalue weighted by Crippen LogP contribution is 2.59. The molecule has 0 amide bonds. The van der Waals surface area contributed by atoms with Crippen molar-refractivity contribution in [1.82, 2.24) is 0 Å². The maximum absolute atomic E-state index is 13.0. The summed E-state index contributed by atoms with van der Waals surface area (Å²) in [5.74, 6) is 3.34. The van der Waals surface area contributed by atoms with Crippen LogP contribution in [0.2, 0.25) is 0 Å². The summed E-state index contributed by atoms with van der Waals surface area (Å²) in [4.78, 5) is 14.3. The first-order chi connectivity index (χ1) is 17.9. The summed E-state index contributed by atoms with van der Waals surface area (Å²) < 4.78 is 15.1. The zero-order valence-corrected chi connectivity index (χ0v) is 22.8. The summed E-state index contributed by atoms with van der Waals surface area (Å²) in [5, 5.41) is 2.66. The number of ether oxygens (including phenoxy) is 2. The molecule has 4 heteroatoms. The lowest BCUT2D eigenvalue weighted by atomic mass is 9.50. The van der Waals surface area contributed by atoms with Gasteiger partial charge in [-0.1, -0.05) is 24.3 Å². The van der Waals surface area contributed by atoms with E-state index in [1.165, 1.54) is 57.2 Å². The van der Waals surface area contributed by atoms with Crippen LogP contribution in [0.15, 0.2) is 60.7 Å². The standard InChI is InChI=1S/C33H35O3S/c1-20-12-26(37-29-10-6-4-8-27(29)28-9-5-7-11-30(28)37)13-21(2)32(20)35-19-31(34)36-33(3)24-15-22-14-23(17-24)18-25(33)16-22/h4-13,22-25H,14-19H2,1-3H3/q+1. The van der Waals surface area contributed by atoms with Crippen molar-refractivity contribution in [3.8, 4) is 10.6 Å². The lowest BCUT2D eigenvalue weighted by molar-refractivity contribution is -0.204. The Hall–Kier alpha value is -2.85. The molecule has 4 fully saturated rings. The number of rotatable bonds is 5. The highest BCUT2D eigenvalue weighted by molar-refractivity contribution is 7.50. The van der Waals surface area contributed by atoms with Crippen LogP contribution in [0, 0.1) is 37.5 Å². The Balaban J connectivity index is 1.13. The topological polar surface area (TPSA) is 35.5 Å². The van der Waals surface area contributed by atoms with Gasteiger partial charge in [0.15, 0.2) is 20.9 Å². The molecule has 0 atom stereocenters. The predicted octanol–water partition coefficient (Wildman–Crippen LogP) is 8.48. The van der Waals surface area contributed by atoms with Crippen LogP contribution >= 0.6 is 10.5 Å². The zero-order valence-electron chi connectivity index (χ0n) is 22.0. The first-order valence-corrected chi connectivity index (χ1v) is 15.0. The van der Waals surface area contributed by atoms with Crippen LogP contribution in [0.5, 0.6) is 5.75 Å². The van der Waals surface area contributed by atoms with Crippen LogP contribution in [-0.4, -0.2) is 18.2 Å². The van der Waals surface area contributed by atoms with E-state index in [1.807, 2.05) is 0 Å². The zero-order chi connectivity index (χ0) is 25.3. The molecule has 3 aromatic carbocycles. The molecule has 4 aliphatic rings. The van der Waals surface area contributed by atoms with Crippen molar-refractivity contribution in [2.45, 2.75) is 58.5 Å². The molecule has 0 N–H and O–H groups in total. The molecular formula is C33H35O3S+. The van der Waals surface area contributed by atoms with E-state index in [-0.39, 0.29) is 28.6 Å². The molecule has 0 aliphatic heterocycles. The van der Waals surface area contributed by atoms with E-state index in [9.17, 15) is 4.79 Å². The molecule has 0 unspecified atom stereocenters. The number of aryl methyl sites for hydroxylation is 2. The van der Waals surface area contributed by atoms with Gasteiger partial charge in [0.2, 0.25) is 0 Å². The number of carbonyl (C=O) groups excluding carboxylic acids is 1. The maximum atomic E-state index is 13.0. The Labute approximate surface area is 221 Å². The summed E-state index contributed by atoms with van der Waals surface area (Å²) >= 11 is 0. The number of esters is 1. The number of fused-ring (bicyclic) bond motifs is 3. The van der Waals surface area contributed by atoms with Crippen molar-refractivity contribution >= 4 is 36.6 Å². The third kappa shape index (κ3) is 3.71. The van der Waals surface area contributed by atoms with E-state index in [2.05, 4.69) is 81.4 Å². The molecule has 8 rings (SSSR count). The lowest BCUT2D eigenvalue weighted by Crippen LogP contribution is -2.58. The first-order valence-electron chi connectivity index (χ1n) is 13.8. The van der Waals surface area contributed by atoms with E-state index in [1.54, 1.807) is 0 Å². The van der Waals surface area contributed by atoms with E-state index in [0.717, 1.165) is 28.7 Å². The van der Waals surface area contributed by atoms with Gasteiger partial charge in [0.05, 0.1) is 0 Å². The molecule has 0 spiro atoms. The van der Waals surface area contributed by atoms with Gasteiger partial charge < -0.3 is 9.47 Å². The minimum Gasteiger partial charge on any atom is -0.481 e. The van der Waals surface area contributed by atoms with Crippen LogP contribution < -0.4 is 4.74 Å². The second-order valence-corrected chi connectivity index (χ2v) is 13.9. The quantitative estimate of drug-likeness (QED) is 0.199. The number of benzene rings is 3. The Kier molecular flexibility index (Phi) is 5.41. The Morgan fingerprint density at radius 2 is 1.35 bits per heavy atom. The summed E-state index contributed by atoms with van der Waals surface area (Å²) in [7, 11) is -0.142. The smallest absolute Gasteiger partial charge is 0.344 e. The van der Waals surface area contributed by atoms with Crippen LogP contribution in [-0.2, 0) is 9.53 Å². The van der Waals surface area contributed by atoms with Crippen LogP contribution in [0.1, 0.15) is 50.2 Å². The van der Waals surface area contributed by atoms with Gasteiger partial charge in [0.25, 0.3) is 0 Å². The normalized spacial score (nSPS) is 28.2. The Bertz CT molecular complexity index is 1430. The van der Waals surface area contributed by atoms with E-state index in [4.69, 9.17) is 9.47 Å². The van der Waals surface area contributed by atoms with Crippen LogP contribution in [0.3, 0.4) is 0 Å². The highest BCUT2D eigenvalue weighted by atomic mass is 32.2. The second-order valence-electron chi connectivity index (χ2n) is 11.9. The van der Waals surface area contributed by atoms with Gasteiger partial charge in [-0.3, -0.25) is 0 Å². The van der Waals surface area contributed by atoms with Crippen molar-refractivity contribution in [2.75, 3.05) is 6.61 Å². The Morgan fingerprint density at radius 3 is 1.89 bits per heavy atom. The van der Waals surface area contributed by atoms with Gasteiger partial charge in [-0.2, -0.15) is 0 Å². The average molecular weight is 512 g/mol. The van der Waals surface area contributed by atoms with Gasteiger partial charge in [-0.15, -0.1) is 0 Å². The van der Waals surface area contributed by atoms with E-state index < -0.39 is 0 Å². The van der Waals surface area contributed by atoms with Crippen molar-refractivity contribution in [1.29, 1.82) is 0 Å². The summed E-state index contributed by atoms with van der Waals surface area (Å²) in [6.45, 7) is 6.35. The van der Waals surface area contributed by atoms with Gasteiger partial charge in [0, 0.05) is 33.4 Å². The average Bonchev–Trinajstić information content (AvgIpc) is 3.21.